The molecule has 3 N–H and O–H groups in total. The molecule has 0 spiro atoms. The molecule has 2 aromatic heterocycles. The number of hydrogen-bond donors (Lipinski definition) is 2. The number of anilines is 1. The van der Waals surface area contributed by atoms with Crippen molar-refractivity contribution in [3.63, 3.8) is 0 Å². The van der Waals surface area contributed by atoms with Crippen molar-refractivity contribution < 1.29 is 9.29 Å². The Balaban J connectivity index is 1.79. The first-order valence-electron chi connectivity index (χ1n) is 7.92. The summed E-state index contributed by atoms with van der Waals surface area (Å²) >= 11 is -1.49. The van der Waals surface area contributed by atoms with Gasteiger partial charge in [0, 0.05) is 18.0 Å². The summed E-state index contributed by atoms with van der Waals surface area (Å²) < 4.78 is 18.4. The summed E-state index contributed by atoms with van der Waals surface area (Å²) in [4.78, 5) is 12.6. The van der Waals surface area contributed by atoms with Crippen molar-refractivity contribution in [2.75, 3.05) is 12.8 Å². The molecule has 0 amide bonds. The number of methoxy groups -OCH3 is 1. The number of nitrogen functional groups attached to an aromatic ring is 1. The Morgan fingerprint density at radius 2 is 1.96 bits per heavy atom. The number of nitrogens with zero attached hydrogens (tertiary/aromatic N) is 2. The average Bonchev–Trinajstić information content (AvgIpc) is 3.10. The van der Waals surface area contributed by atoms with Gasteiger partial charge in [0.05, 0.1) is 40.6 Å². The number of aromatic amines is 1. The van der Waals surface area contributed by atoms with Crippen LogP contribution in [0, 0.1) is 0 Å². The number of pyridine rings is 1. The van der Waals surface area contributed by atoms with Crippen LogP contribution in [0.3, 0.4) is 0 Å². The zero-order chi connectivity index (χ0) is 18.1. The number of nitrogens with one attached hydrogen (secondary N) is 1. The van der Waals surface area contributed by atoms with Crippen molar-refractivity contribution >= 4 is 27.9 Å². The Morgan fingerprint density at radius 1 is 1.12 bits per heavy atom. The summed E-state index contributed by atoms with van der Waals surface area (Å²) in [5.41, 5.74) is 9.34. The topological polar surface area (TPSA) is 99.9 Å². The molecule has 0 aliphatic carbocycles. The highest BCUT2D eigenvalue weighted by atomic mass is 32.2. The summed E-state index contributed by atoms with van der Waals surface area (Å²) in [5.74, 6) is 0.690. The minimum atomic E-state index is -1.49. The van der Waals surface area contributed by atoms with E-state index in [9.17, 15) is 4.55 Å². The van der Waals surface area contributed by atoms with Crippen LogP contribution in [0.25, 0.3) is 22.3 Å². The molecular formula is C19H16N4O2S. The lowest BCUT2D eigenvalue weighted by Crippen LogP contribution is -2.06. The van der Waals surface area contributed by atoms with E-state index >= 15 is 0 Å². The number of H-pyrrole nitrogens is 1. The van der Waals surface area contributed by atoms with Gasteiger partial charge < -0.3 is 15.0 Å². The number of rotatable bonds is 4. The first-order valence-corrected chi connectivity index (χ1v) is 9.07. The molecule has 0 radical (unpaired) electrons. The molecule has 1 unspecified atom stereocenters. The molecule has 6 nitrogen and oxygen atoms in total. The van der Waals surface area contributed by atoms with Crippen LogP contribution in [0.1, 0.15) is 0 Å². The number of imidazole rings is 1. The van der Waals surface area contributed by atoms with Gasteiger partial charge >= 0.3 is 5.16 Å². The lowest BCUT2D eigenvalue weighted by molar-refractivity contribution is 0.414. The smallest absolute Gasteiger partial charge is 0.327 e. The average molecular weight is 364 g/mol. The van der Waals surface area contributed by atoms with Crippen molar-refractivity contribution in [3.8, 4) is 17.0 Å². The molecule has 1 atom stereocenters. The first kappa shape index (κ1) is 16.4. The summed E-state index contributed by atoms with van der Waals surface area (Å²) in [5, 5.41) is 0.376. The van der Waals surface area contributed by atoms with Crippen LogP contribution >= 0.6 is 0 Å². The molecule has 0 bridgehead atoms. The second-order valence-electron chi connectivity index (χ2n) is 5.66. The molecule has 2 aromatic carbocycles. The SMILES string of the molecule is COc1ccnc(-c2ccccc2[S+]([O-])c2nc3cc(N)ccc3[nH]2)c1. The van der Waals surface area contributed by atoms with Crippen LogP contribution < -0.4 is 10.5 Å². The largest absolute Gasteiger partial charge is 0.604 e. The van der Waals surface area contributed by atoms with Crippen LogP contribution in [0.4, 0.5) is 5.69 Å². The first-order chi connectivity index (χ1) is 12.7. The molecule has 0 fully saturated rings. The second kappa shape index (κ2) is 6.70. The third kappa shape index (κ3) is 2.98. The van der Waals surface area contributed by atoms with E-state index in [1.807, 2.05) is 36.4 Å². The number of nitrogens with two attached hydrogens (primary N) is 1. The molecule has 0 saturated carbocycles. The molecule has 0 saturated heterocycles. The zero-order valence-electron chi connectivity index (χ0n) is 14.0. The Kier molecular flexibility index (Phi) is 4.24. The highest BCUT2D eigenvalue weighted by Crippen LogP contribution is 2.31. The maximum atomic E-state index is 13.2. The van der Waals surface area contributed by atoms with Gasteiger partial charge in [-0.05, 0) is 36.4 Å². The fraction of sp³-hybridized carbons (Fsp3) is 0.0526. The van der Waals surface area contributed by atoms with Crippen molar-refractivity contribution in [1.82, 2.24) is 15.0 Å². The normalized spacial score (nSPS) is 12.2. The maximum absolute atomic E-state index is 13.2. The predicted octanol–water partition coefficient (Wildman–Crippen LogP) is 3.38. The highest BCUT2D eigenvalue weighted by molar-refractivity contribution is 7.91. The van der Waals surface area contributed by atoms with Gasteiger partial charge in [-0.2, -0.15) is 4.98 Å². The summed E-state index contributed by atoms with van der Waals surface area (Å²) in [6, 6.07) is 16.4. The Morgan fingerprint density at radius 3 is 2.81 bits per heavy atom. The molecule has 4 rings (SSSR count). The Bertz CT molecular complexity index is 1080. The molecular weight excluding hydrogens is 348 g/mol. The van der Waals surface area contributed by atoms with Gasteiger partial charge in [0.15, 0.2) is 4.90 Å². The van der Waals surface area contributed by atoms with Gasteiger partial charge in [-0.25, -0.2) is 0 Å². The number of hydrogen-bond acceptors (Lipinski definition) is 5. The van der Waals surface area contributed by atoms with Gasteiger partial charge in [0.1, 0.15) is 5.75 Å². The van der Waals surface area contributed by atoms with Gasteiger partial charge in [-0.1, -0.05) is 12.1 Å². The fourth-order valence-corrected chi connectivity index (χ4v) is 3.88. The summed E-state index contributed by atoms with van der Waals surface area (Å²) in [6.07, 6.45) is 1.66. The van der Waals surface area contributed by atoms with Gasteiger partial charge in [-0.15, -0.1) is 0 Å². The minimum Gasteiger partial charge on any atom is -0.604 e. The zero-order valence-corrected chi connectivity index (χ0v) is 14.8. The van der Waals surface area contributed by atoms with Crippen LogP contribution in [-0.4, -0.2) is 26.6 Å². The number of ether oxygens (including phenoxy) is 1. The molecule has 26 heavy (non-hydrogen) atoms. The number of fused-ring (bicyclic) bond motifs is 1. The Hall–Kier alpha value is -3.03. The van der Waals surface area contributed by atoms with E-state index in [0.29, 0.717) is 32.7 Å². The van der Waals surface area contributed by atoms with Crippen LogP contribution in [0.5, 0.6) is 5.75 Å². The molecule has 7 heteroatoms. The van der Waals surface area contributed by atoms with E-state index in [2.05, 4.69) is 15.0 Å². The van der Waals surface area contributed by atoms with Gasteiger partial charge in [0.25, 0.3) is 0 Å². The summed E-state index contributed by atoms with van der Waals surface area (Å²) in [6.45, 7) is 0. The third-order valence-electron chi connectivity index (χ3n) is 3.99. The van der Waals surface area contributed by atoms with Crippen LogP contribution in [-0.2, 0) is 11.2 Å². The quantitative estimate of drug-likeness (QED) is 0.427. The van der Waals surface area contributed by atoms with Crippen molar-refractivity contribution in [2.24, 2.45) is 0 Å². The van der Waals surface area contributed by atoms with E-state index in [0.717, 1.165) is 11.1 Å². The number of benzene rings is 2. The van der Waals surface area contributed by atoms with Crippen molar-refractivity contribution in [3.05, 3.63) is 60.8 Å². The fourth-order valence-electron chi connectivity index (χ4n) is 2.72. The summed E-state index contributed by atoms with van der Waals surface area (Å²) in [7, 11) is 1.60. The molecule has 4 aromatic rings. The van der Waals surface area contributed by atoms with E-state index in [-0.39, 0.29) is 0 Å². The van der Waals surface area contributed by atoms with Crippen molar-refractivity contribution in [2.45, 2.75) is 10.1 Å². The molecule has 2 heterocycles. The minimum absolute atomic E-state index is 0.376. The van der Waals surface area contributed by atoms with Gasteiger partial charge in [0.2, 0.25) is 0 Å². The van der Waals surface area contributed by atoms with Crippen molar-refractivity contribution in [1.29, 1.82) is 0 Å². The van der Waals surface area contributed by atoms with E-state index < -0.39 is 11.2 Å². The molecule has 0 aliphatic rings. The maximum Gasteiger partial charge on any atom is 0.327 e. The lowest BCUT2D eigenvalue weighted by Gasteiger charge is -2.11. The second-order valence-corrected chi connectivity index (χ2v) is 7.03. The van der Waals surface area contributed by atoms with E-state index in [1.165, 1.54) is 0 Å². The molecule has 130 valence electrons. The van der Waals surface area contributed by atoms with E-state index in [4.69, 9.17) is 10.5 Å². The standard InChI is InChI=1S/C19H16N4O2S/c1-25-13-8-9-21-16(11-13)14-4-2-3-5-18(14)26(24)19-22-15-7-6-12(20)10-17(15)23-19/h2-11H,20H2,1H3,(H,22,23). The van der Waals surface area contributed by atoms with Gasteiger partial charge in [-0.3, -0.25) is 9.97 Å². The highest BCUT2D eigenvalue weighted by Gasteiger charge is 2.24. The Labute approximate surface area is 153 Å². The number of aromatic nitrogens is 3. The predicted molar refractivity (Wildman–Crippen MR) is 101 cm³/mol. The monoisotopic (exact) mass is 364 g/mol. The molecule has 0 aliphatic heterocycles. The van der Waals surface area contributed by atoms with Crippen LogP contribution in [0.15, 0.2) is 70.8 Å². The third-order valence-corrected chi connectivity index (χ3v) is 5.29. The van der Waals surface area contributed by atoms with Crippen LogP contribution in [0.2, 0.25) is 0 Å². The lowest BCUT2D eigenvalue weighted by atomic mass is 10.1. The van der Waals surface area contributed by atoms with E-state index in [1.54, 1.807) is 31.5 Å².